The van der Waals surface area contributed by atoms with E-state index in [9.17, 15) is 19.5 Å². The molecule has 2 bridgehead atoms. The molecule has 2 unspecified atom stereocenters. The van der Waals surface area contributed by atoms with Gasteiger partial charge in [-0.15, -0.1) is 18.3 Å². The third-order valence-corrected chi connectivity index (χ3v) is 8.76. The number of nitrogens with zero attached hydrogens (tertiary/aromatic N) is 2. The first-order valence-electron chi connectivity index (χ1n) is 11.2. The number of carbonyl (C=O) groups excluding carboxylic acids is 3. The van der Waals surface area contributed by atoms with Crippen molar-refractivity contribution in [2.45, 2.75) is 42.3 Å². The lowest BCUT2D eigenvalue weighted by Gasteiger charge is -2.37. The fourth-order valence-corrected chi connectivity index (χ4v) is 7.85. The highest BCUT2D eigenvalue weighted by Crippen LogP contribution is 2.66. The summed E-state index contributed by atoms with van der Waals surface area (Å²) in [5, 5.41) is 9.66. The van der Waals surface area contributed by atoms with Gasteiger partial charge in [0.05, 0.1) is 29.8 Å². The Morgan fingerprint density at radius 2 is 2.12 bits per heavy atom. The van der Waals surface area contributed by atoms with Crippen molar-refractivity contribution in [3.05, 3.63) is 48.6 Å². The number of esters is 1. The molecule has 1 N–H and O–H groups in total. The average molecular weight is 459 g/mol. The van der Waals surface area contributed by atoms with Crippen molar-refractivity contribution in [1.29, 1.82) is 0 Å². The van der Waals surface area contributed by atoms with E-state index in [0.717, 1.165) is 12.0 Å². The minimum Gasteiger partial charge on any atom is -0.466 e. The number of amides is 2. The van der Waals surface area contributed by atoms with E-state index in [1.165, 1.54) is 4.90 Å². The van der Waals surface area contributed by atoms with Gasteiger partial charge in [-0.1, -0.05) is 36.4 Å². The van der Waals surface area contributed by atoms with Crippen LogP contribution in [0.1, 0.15) is 25.3 Å². The van der Waals surface area contributed by atoms with Crippen molar-refractivity contribution in [1.82, 2.24) is 9.80 Å². The number of carbonyl (C=O) groups is 3. The van der Waals surface area contributed by atoms with Crippen molar-refractivity contribution in [3.8, 4) is 0 Å². The highest BCUT2D eigenvalue weighted by Gasteiger charge is 2.74. The minimum atomic E-state index is -0.717. The SMILES string of the molecule is C=CCN(Cc1ccccc1)C(=O)C1N(CCO)C(=O)[C@@H]2[C@@H](C(=O)OCC)[C@H]3CCC12S3. The van der Waals surface area contributed by atoms with E-state index in [4.69, 9.17) is 4.74 Å². The number of hydrogen-bond acceptors (Lipinski definition) is 6. The van der Waals surface area contributed by atoms with E-state index in [-0.39, 0.29) is 42.8 Å². The lowest BCUT2D eigenvalue weighted by Crippen LogP contribution is -2.54. The zero-order valence-electron chi connectivity index (χ0n) is 18.3. The predicted octanol–water partition coefficient (Wildman–Crippen LogP) is 1.85. The highest BCUT2D eigenvalue weighted by molar-refractivity contribution is 8.02. The molecule has 1 aromatic carbocycles. The molecule has 7 nitrogen and oxygen atoms in total. The van der Waals surface area contributed by atoms with E-state index in [1.54, 1.807) is 29.7 Å². The second-order valence-corrected chi connectivity index (χ2v) is 10.2. The van der Waals surface area contributed by atoms with Crippen molar-refractivity contribution in [2.75, 3.05) is 26.3 Å². The van der Waals surface area contributed by atoms with Crippen LogP contribution in [0.5, 0.6) is 0 Å². The quantitative estimate of drug-likeness (QED) is 0.449. The van der Waals surface area contributed by atoms with Crippen LogP contribution in [0, 0.1) is 11.8 Å². The summed E-state index contributed by atoms with van der Waals surface area (Å²) in [6, 6.07) is 8.98. The molecule has 3 heterocycles. The van der Waals surface area contributed by atoms with Crippen LogP contribution in [0.4, 0.5) is 0 Å². The second-order valence-electron chi connectivity index (χ2n) is 8.56. The molecule has 1 aromatic rings. The number of ether oxygens (including phenoxy) is 1. The van der Waals surface area contributed by atoms with Crippen LogP contribution in [-0.4, -0.2) is 75.0 Å². The summed E-state index contributed by atoms with van der Waals surface area (Å²) in [4.78, 5) is 43.5. The van der Waals surface area contributed by atoms with Crippen LogP contribution in [0.3, 0.4) is 0 Å². The predicted molar refractivity (Wildman–Crippen MR) is 122 cm³/mol. The zero-order chi connectivity index (χ0) is 22.9. The van der Waals surface area contributed by atoms with Gasteiger partial charge in [-0.05, 0) is 25.3 Å². The molecule has 8 heteroatoms. The van der Waals surface area contributed by atoms with E-state index < -0.39 is 22.6 Å². The molecule has 3 aliphatic rings. The smallest absolute Gasteiger partial charge is 0.310 e. The summed E-state index contributed by atoms with van der Waals surface area (Å²) in [5.74, 6) is -1.86. The zero-order valence-corrected chi connectivity index (χ0v) is 19.1. The van der Waals surface area contributed by atoms with Crippen LogP contribution in [0.15, 0.2) is 43.0 Å². The molecular formula is C24H30N2O5S. The van der Waals surface area contributed by atoms with Crippen LogP contribution in [0.2, 0.25) is 0 Å². The van der Waals surface area contributed by atoms with E-state index in [1.807, 2.05) is 30.3 Å². The van der Waals surface area contributed by atoms with Crippen LogP contribution >= 0.6 is 11.8 Å². The van der Waals surface area contributed by atoms with E-state index in [0.29, 0.717) is 19.5 Å². The first-order chi connectivity index (χ1) is 15.5. The molecule has 2 amide bonds. The number of fused-ring (bicyclic) bond motifs is 1. The van der Waals surface area contributed by atoms with Gasteiger partial charge in [-0.3, -0.25) is 14.4 Å². The van der Waals surface area contributed by atoms with Gasteiger partial charge in [0, 0.05) is 24.9 Å². The Labute approximate surface area is 192 Å². The molecule has 32 heavy (non-hydrogen) atoms. The lowest BCUT2D eigenvalue weighted by atomic mass is 9.71. The lowest BCUT2D eigenvalue weighted by molar-refractivity contribution is -0.153. The molecule has 0 saturated carbocycles. The first-order valence-corrected chi connectivity index (χ1v) is 12.1. The second kappa shape index (κ2) is 9.27. The summed E-state index contributed by atoms with van der Waals surface area (Å²) >= 11 is 1.61. The summed E-state index contributed by atoms with van der Waals surface area (Å²) in [6.45, 7) is 6.40. The maximum atomic E-state index is 14.0. The fraction of sp³-hybridized carbons (Fsp3) is 0.542. The number of likely N-dealkylation sites (tertiary alicyclic amines) is 1. The summed E-state index contributed by atoms with van der Waals surface area (Å²) in [5.41, 5.74) is 0.988. The molecule has 172 valence electrons. The monoisotopic (exact) mass is 458 g/mol. The molecule has 0 radical (unpaired) electrons. The third-order valence-electron chi connectivity index (χ3n) is 6.81. The molecule has 0 aromatic heterocycles. The van der Waals surface area contributed by atoms with Gasteiger partial charge in [0.1, 0.15) is 6.04 Å². The Kier molecular flexibility index (Phi) is 6.62. The molecular weight excluding hydrogens is 428 g/mol. The number of aliphatic hydroxyl groups is 1. The van der Waals surface area contributed by atoms with Crippen LogP contribution < -0.4 is 0 Å². The molecule has 1 spiro atoms. The van der Waals surface area contributed by atoms with Gasteiger partial charge in [0.2, 0.25) is 11.8 Å². The Morgan fingerprint density at radius 3 is 2.78 bits per heavy atom. The van der Waals surface area contributed by atoms with Gasteiger partial charge in [-0.2, -0.15) is 0 Å². The normalized spacial score (nSPS) is 30.3. The van der Waals surface area contributed by atoms with Gasteiger partial charge in [-0.25, -0.2) is 0 Å². The van der Waals surface area contributed by atoms with Gasteiger partial charge >= 0.3 is 5.97 Å². The Hall–Kier alpha value is -2.32. The number of thioether (sulfide) groups is 1. The first kappa shape index (κ1) is 22.9. The van der Waals surface area contributed by atoms with Crippen molar-refractivity contribution < 1.29 is 24.2 Å². The molecule has 3 fully saturated rings. The minimum absolute atomic E-state index is 0.0171. The number of benzene rings is 1. The van der Waals surface area contributed by atoms with Gasteiger partial charge in [0.15, 0.2) is 0 Å². The van der Waals surface area contributed by atoms with Gasteiger partial charge in [0.25, 0.3) is 0 Å². The average Bonchev–Trinajstić information content (AvgIpc) is 3.42. The standard InChI is InChI=1S/C24H30N2O5S/c1-3-12-25(15-16-8-6-5-7-9-16)22(29)20-24-11-10-17(32-24)18(23(30)31-4-2)19(24)21(28)26(20)13-14-27/h3,5-9,17-20,27H,1,4,10-15H2,2H3/t17-,18+,19+,20?,24?/m1/s1. The van der Waals surface area contributed by atoms with E-state index in [2.05, 4.69) is 6.58 Å². The van der Waals surface area contributed by atoms with Gasteiger partial charge < -0.3 is 19.6 Å². The Bertz CT molecular complexity index is 894. The van der Waals surface area contributed by atoms with Crippen LogP contribution in [-0.2, 0) is 25.7 Å². The third kappa shape index (κ3) is 3.63. The Balaban J connectivity index is 1.69. The van der Waals surface area contributed by atoms with Crippen molar-refractivity contribution in [2.24, 2.45) is 11.8 Å². The number of rotatable bonds is 9. The highest BCUT2D eigenvalue weighted by atomic mass is 32.2. The maximum absolute atomic E-state index is 14.0. The van der Waals surface area contributed by atoms with Crippen molar-refractivity contribution >= 4 is 29.5 Å². The summed E-state index contributed by atoms with van der Waals surface area (Å²) < 4.78 is 4.64. The fourth-order valence-electron chi connectivity index (χ4n) is 5.65. The summed E-state index contributed by atoms with van der Waals surface area (Å²) in [7, 11) is 0. The molecule has 0 aliphatic carbocycles. The molecule has 3 aliphatic heterocycles. The number of hydrogen-bond donors (Lipinski definition) is 1. The van der Waals surface area contributed by atoms with E-state index >= 15 is 0 Å². The largest absolute Gasteiger partial charge is 0.466 e. The van der Waals surface area contributed by atoms with Crippen molar-refractivity contribution in [3.63, 3.8) is 0 Å². The number of β-amino-alcohol motifs (C(OH)–C–C–N with tert-alkyl or cyclic N) is 1. The molecule has 3 saturated heterocycles. The maximum Gasteiger partial charge on any atom is 0.310 e. The molecule has 5 atom stereocenters. The number of aliphatic hydroxyl groups excluding tert-OH is 1. The molecule has 4 rings (SSSR count). The van der Waals surface area contributed by atoms with Crippen LogP contribution in [0.25, 0.3) is 0 Å². The Morgan fingerprint density at radius 1 is 1.38 bits per heavy atom. The summed E-state index contributed by atoms with van der Waals surface area (Å²) in [6.07, 6.45) is 3.15. The topological polar surface area (TPSA) is 87.2 Å².